The Labute approximate surface area is 107 Å². The Kier molecular flexibility index (Phi) is 4.69. The van der Waals surface area contributed by atoms with Gasteiger partial charge in [-0.2, -0.15) is 5.10 Å². The Morgan fingerprint density at radius 2 is 2.44 bits per heavy atom. The molecule has 100 valence electrons. The van der Waals surface area contributed by atoms with Crippen LogP contribution in [0.5, 0.6) is 0 Å². The third kappa shape index (κ3) is 3.53. The second-order valence-corrected chi connectivity index (χ2v) is 4.72. The van der Waals surface area contributed by atoms with Crippen molar-refractivity contribution in [2.75, 3.05) is 19.6 Å². The molecule has 1 aliphatic heterocycles. The first-order valence-corrected chi connectivity index (χ1v) is 6.58. The molecule has 1 aromatic heterocycles. The fourth-order valence-corrected chi connectivity index (χ4v) is 2.27. The van der Waals surface area contributed by atoms with Crippen LogP contribution in [-0.4, -0.2) is 40.3 Å². The summed E-state index contributed by atoms with van der Waals surface area (Å²) in [5.41, 5.74) is 0. The number of aromatic nitrogens is 3. The van der Waals surface area contributed by atoms with E-state index in [1.165, 1.54) is 6.33 Å². The molecule has 6 heteroatoms. The van der Waals surface area contributed by atoms with Gasteiger partial charge >= 0.3 is 0 Å². The zero-order chi connectivity index (χ0) is 12.8. The van der Waals surface area contributed by atoms with Crippen LogP contribution >= 0.6 is 0 Å². The summed E-state index contributed by atoms with van der Waals surface area (Å²) in [6.45, 7) is 2.61. The third-order valence-electron chi connectivity index (χ3n) is 3.40. The van der Waals surface area contributed by atoms with Crippen molar-refractivity contribution in [1.29, 1.82) is 0 Å². The Morgan fingerprint density at radius 3 is 3.22 bits per heavy atom. The molecule has 0 saturated carbocycles. The lowest BCUT2D eigenvalue weighted by Crippen LogP contribution is -2.33. The summed E-state index contributed by atoms with van der Waals surface area (Å²) in [5, 5.41) is 10.3. The van der Waals surface area contributed by atoms with Crippen LogP contribution < -0.4 is 10.6 Å². The monoisotopic (exact) mass is 251 g/mol. The quantitative estimate of drug-likeness (QED) is 0.781. The minimum atomic E-state index is 0.166. The Hall–Kier alpha value is -1.43. The minimum absolute atomic E-state index is 0.166. The number of carbonyl (C=O) groups is 1. The number of hydrogen-bond acceptors (Lipinski definition) is 4. The normalized spacial score (nSPS) is 20.4. The van der Waals surface area contributed by atoms with E-state index in [9.17, 15) is 4.79 Å². The molecule has 1 atom stereocenters. The number of carbonyl (C=O) groups excluding carboxylic acids is 1. The van der Waals surface area contributed by atoms with Gasteiger partial charge in [0.1, 0.15) is 12.2 Å². The minimum Gasteiger partial charge on any atom is -0.355 e. The van der Waals surface area contributed by atoms with Crippen LogP contribution in [0.3, 0.4) is 0 Å². The molecule has 0 aromatic carbocycles. The van der Waals surface area contributed by atoms with Gasteiger partial charge in [0.25, 0.3) is 0 Å². The molecule has 2 N–H and O–H groups in total. The second-order valence-electron chi connectivity index (χ2n) is 4.72. The van der Waals surface area contributed by atoms with E-state index >= 15 is 0 Å². The highest BCUT2D eigenvalue weighted by molar-refractivity contribution is 5.78. The lowest BCUT2D eigenvalue weighted by molar-refractivity contribution is -0.125. The lowest BCUT2D eigenvalue weighted by Gasteiger charge is -2.13. The van der Waals surface area contributed by atoms with Gasteiger partial charge in [0.15, 0.2) is 0 Å². The molecule has 0 bridgehead atoms. The highest BCUT2D eigenvalue weighted by Crippen LogP contribution is 2.13. The highest BCUT2D eigenvalue weighted by atomic mass is 16.1. The molecule has 0 spiro atoms. The van der Waals surface area contributed by atoms with Crippen molar-refractivity contribution in [3.8, 4) is 0 Å². The van der Waals surface area contributed by atoms with E-state index in [-0.39, 0.29) is 11.8 Å². The van der Waals surface area contributed by atoms with Crippen molar-refractivity contribution in [2.24, 2.45) is 13.0 Å². The van der Waals surface area contributed by atoms with Crippen molar-refractivity contribution >= 4 is 5.91 Å². The van der Waals surface area contributed by atoms with Crippen LogP contribution in [0.25, 0.3) is 0 Å². The van der Waals surface area contributed by atoms with Gasteiger partial charge in [0, 0.05) is 25.9 Å². The van der Waals surface area contributed by atoms with Crippen molar-refractivity contribution in [3.63, 3.8) is 0 Å². The zero-order valence-corrected chi connectivity index (χ0v) is 10.9. The summed E-state index contributed by atoms with van der Waals surface area (Å²) in [4.78, 5) is 16.1. The molecule has 2 heterocycles. The standard InChI is InChI=1S/C12H21N5O/c1-17-11(15-9-16-17)5-8-14-12(18)10-3-2-6-13-7-4-10/h9-10,13H,2-8H2,1H3,(H,14,18). The van der Waals surface area contributed by atoms with Gasteiger partial charge in [-0.05, 0) is 32.4 Å². The van der Waals surface area contributed by atoms with E-state index in [2.05, 4.69) is 20.7 Å². The van der Waals surface area contributed by atoms with Crippen molar-refractivity contribution in [1.82, 2.24) is 25.4 Å². The molecule has 1 saturated heterocycles. The first kappa shape index (κ1) is 13.0. The molecule has 6 nitrogen and oxygen atoms in total. The van der Waals surface area contributed by atoms with Crippen LogP contribution in [0.4, 0.5) is 0 Å². The topological polar surface area (TPSA) is 71.8 Å². The number of rotatable bonds is 4. The number of aryl methyl sites for hydroxylation is 1. The van der Waals surface area contributed by atoms with E-state index in [0.29, 0.717) is 6.54 Å². The van der Waals surface area contributed by atoms with E-state index in [4.69, 9.17) is 0 Å². The maximum atomic E-state index is 12.0. The molecule has 1 aliphatic rings. The molecule has 18 heavy (non-hydrogen) atoms. The molecule has 1 unspecified atom stereocenters. The maximum absolute atomic E-state index is 12.0. The largest absolute Gasteiger partial charge is 0.355 e. The molecular formula is C12H21N5O. The van der Waals surface area contributed by atoms with Gasteiger partial charge in [-0.3, -0.25) is 9.48 Å². The summed E-state index contributed by atoms with van der Waals surface area (Å²) in [6, 6.07) is 0. The van der Waals surface area contributed by atoms with Gasteiger partial charge in [-0.1, -0.05) is 0 Å². The summed E-state index contributed by atoms with van der Waals surface area (Å²) < 4.78 is 1.74. The number of nitrogens with one attached hydrogen (secondary N) is 2. The second kappa shape index (κ2) is 6.49. The summed E-state index contributed by atoms with van der Waals surface area (Å²) in [5.74, 6) is 1.25. The van der Waals surface area contributed by atoms with Gasteiger partial charge in [-0.25, -0.2) is 4.98 Å². The predicted molar refractivity (Wildman–Crippen MR) is 67.9 cm³/mol. The van der Waals surface area contributed by atoms with Crippen LogP contribution in [-0.2, 0) is 18.3 Å². The molecule has 0 aliphatic carbocycles. The van der Waals surface area contributed by atoms with Gasteiger partial charge in [-0.15, -0.1) is 0 Å². The SMILES string of the molecule is Cn1ncnc1CCNC(=O)C1CCCNCC1. The average molecular weight is 251 g/mol. The van der Waals surface area contributed by atoms with Gasteiger partial charge < -0.3 is 10.6 Å². The van der Waals surface area contributed by atoms with Gasteiger partial charge in [0.2, 0.25) is 5.91 Å². The molecule has 1 amide bonds. The van der Waals surface area contributed by atoms with E-state index in [1.807, 2.05) is 7.05 Å². The smallest absolute Gasteiger partial charge is 0.223 e. The molecule has 1 aromatic rings. The highest BCUT2D eigenvalue weighted by Gasteiger charge is 2.19. The van der Waals surface area contributed by atoms with E-state index in [1.54, 1.807) is 4.68 Å². The first-order chi connectivity index (χ1) is 8.77. The van der Waals surface area contributed by atoms with E-state index < -0.39 is 0 Å². The van der Waals surface area contributed by atoms with Crippen LogP contribution in [0, 0.1) is 5.92 Å². The summed E-state index contributed by atoms with van der Waals surface area (Å²) in [7, 11) is 1.86. The fourth-order valence-electron chi connectivity index (χ4n) is 2.27. The number of nitrogens with zero attached hydrogens (tertiary/aromatic N) is 3. The summed E-state index contributed by atoms with van der Waals surface area (Å²) in [6.07, 6.45) is 5.28. The molecule has 2 rings (SSSR count). The fraction of sp³-hybridized carbons (Fsp3) is 0.750. The molecule has 0 radical (unpaired) electrons. The Morgan fingerprint density at radius 1 is 1.56 bits per heavy atom. The zero-order valence-electron chi connectivity index (χ0n) is 10.9. The Balaban J connectivity index is 1.72. The summed E-state index contributed by atoms with van der Waals surface area (Å²) >= 11 is 0. The molecular weight excluding hydrogens is 230 g/mol. The number of amides is 1. The first-order valence-electron chi connectivity index (χ1n) is 6.58. The van der Waals surface area contributed by atoms with Crippen molar-refractivity contribution in [2.45, 2.75) is 25.7 Å². The van der Waals surface area contributed by atoms with E-state index in [0.717, 1.165) is 44.6 Å². The maximum Gasteiger partial charge on any atom is 0.223 e. The lowest BCUT2D eigenvalue weighted by atomic mass is 10.00. The Bertz CT molecular complexity index is 382. The number of hydrogen-bond donors (Lipinski definition) is 2. The van der Waals surface area contributed by atoms with Crippen LogP contribution in [0.1, 0.15) is 25.1 Å². The van der Waals surface area contributed by atoms with Gasteiger partial charge in [0.05, 0.1) is 0 Å². The van der Waals surface area contributed by atoms with Crippen molar-refractivity contribution in [3.05, 3.63) is 12.2 Å². The predicted octanol–water partition coefficient (Wildman–Crippen LogP) is -0.136. The van der Waals surface area contributed by atoms with Crippen LogP contribution in [0.15, 0.2) is 6.33 Å². The van der Waals surface area contributed by atoms with Crippen LogP contribution in [0.2, 0.25) is 0 Å². The van der Waals surface area contributed by atoms with Crippen molar-refractivity contribution < 1.29 is 4.79 Å². The average Bonchev–Trinajstić information content (AvgIpc) is 2.64. The third-order valence-corrected chi connectivity index (χ3v) is 3.40. The molecule has 1 fully saturated rings.